The summed E-state index contributed by atoms with van der Waals surface area (Å²) >= 11 is 1.75. The summed E-state index contributed by atoms with van der Waals surface area (Å²) in [7, 11) is 0. The maximum Gasteiger partial charge on any atom is 0.188 e. The van der Waals surface area contributed by atoms with Crippen molar-refractivity contribution in [3.63, 3.8) is 0 Å². The number of nitrogens with one attached hydrogen (secondary N) is 1. The number of hydrogen-bond donors (Lipinski definition) is 2. The van der Waals surface area contributed by atoms with E-state index in [0.29, 0.717) is 12.5 Å². The van der Waals surface area contributed by atoms with Crippen LogP contribution in [-0.4, -0.2) is 18.8 Å². The fourth-order valence-corrected chi connectivity index (χ4v) is 2.32. The molecule has 106 valence electrons. The van der Waals surface area contributed by atoms with Gasteiger partial charge in [-0.05, 0) is 42.7 Å². The minimum atomic E-state index is 0. The van der Waals surface area contributed by atoms with E-state index in [9.17, 15) is 0 Å². The number of halogens is 1. The van der Waals surface area contributed by atoms with Crippen molar-refractivity contribution in [1.82, 2.24) is 5.32 Å². The van der Waals surface area contributed by atoms with Crippen LogP contribution in [0.25, 0.3) is 0 Å². The Morgan fingerprint density at radius 3 is 2.58 bits per heavy atom. The van der Waals surface area contributed by atoms with Gasteiger partial charge in [0.25, 0.3) is 0 Å². The number of nitrogens with zero attached hydrogens (tertiary/aromatic N) is 1. The van der Waals surface area contributed by atoms with E-state index in [4.69, 9.17) is 5.73 Å². The van der Waals surface area contributed by atoms with Crippen molar-refractivity contribution in [3.8, 4) is 0 Å². The molecule has 0 aromatic heterocycles. The van der Waals surface area contributed by atoms with E-state index in [2.05, 4.69) is 40.8 Å². The zero-order valence-corrected chi connectivity index (χ0v) is 14.4. The molecular formula is C14H22IN3S. The van der Waals surface area contributed by atoms with Crippen LogP contribution in [0.4, 0.5) is 0 Å². The van der Waals surface area contributed by atoms with E-state index >= 15 is 0 Å². The van der Waals surface area contributed by atoms with Crippen LogP contribution in [0, 0.1) is 5.92 Å². The van der Waals surface area contributed by atoms with Crippen LogP contribution < -0.4 is 11.1 Å². The van der Waals surface area contributed by atoms with E-state index in [1.807, 2.05) is 0 Å². The Morgan fingerprint density at radius 2 is 2.05 bits per heavy atom. The van der Waals surface area contributed by atoms with Gasteiger partial charge in [-0.25, -0.2) is 4.99 Å². The summed E-state index contributed by atoms with van der Waals surface area (Å²) in [6, 6.07) is 8.45. The number of guanidine groups is 1. The smallest absolute Gasteiger partial charge is 0.188 e. The molecule has 1 saturated carbocycles. The predicted molar refractivity (Wildman–Crippen MR) is 94.3 cm³/mol. The number of nitrogens with two attached hydrogens (primary N) is 1. The average molecular weight is 391 g/mol. The highest BCUT2D eigenvalue weighted by atomic mass is 127. The lowest BCUT2D eigenvalue weighted by molar-refractivity contribution is 0.315. The van der Waals surface area contributed by atoms with Crippen molar-refractivity contribution >= 4 is 41.7 Å². The Morgan fingerprint density at radius 1 is 1.37 bits per heavy atom. The molecule has 0 aliphatic heterocycles. The SMILES string of the molecule is CSc1ccc(CN=C(N)NCC2CCC2)cc1.I. The third kappa shape index (κ3) is 5.60. The Labute approximate surface area is 136 Å². The fraction of sp³-hybridized carbons (Fsp3) is 0.500. The average Bonchev–Trinajstić information content (AvgIpc) is 2.35. The summed E-state index contributed by atoms with van der Waals surface area (Å²) in [5, 5.41) is 3.20. The summed E-state index contributed by atoms with van der Waals surface area (Å²) in [5.74, 6) is 1.37. The van der Waals surface area contributed by atoms with Crippen LogP contribution in [0.15, 0.2) is 34.2 Å². The molecule has 19 heavy (non-hydrogen) atoms. The number of thioether (sulfide) groups is 1. The number of hydrogen-bond acceptors (Lipinski definition) is 2. The summed E-state index contributed by atoms with van der Waals surface area (Å²) < 4.78 is 0. The molecule has 1 aliphatic rings. The van der Waals surface area contributed by atoms with Crippen molar-refractivity contribution in [2.24, 2.45) is 16.6 Å². The minimum absolute atomic E-state index is 0. The second-order valence-electron chi connectivity index (χ2n) is 4.73. The first-order chi connectivity index (χ1) is 8.78. The number of benzene rings is 1. The van der Waals surface area contributed by atoms with Gasteiger partial charge in [0.15, 0.2) is 5.96 Å². The van der Waals surface area contributed by atoms with E-state index in [-0.39, 0.29) is 24.0 Å². The van der Waals surface area contributed by atoms with E-state index < -0.39 is 0 Å². The molecule has 0 heterocycles. The van der Waals surface area contributed by atoms with Crippen LogP contribution in [-0.2, 0) is 6.54 Å². The zero-order chi connectivity index (χ0) is 12.8. The van der Waals surface area contributed by atoms with Crippen LogP contribution in [0.2, 0.25) is 0 Å². The lowest BCUT2D eigenvalue weighted by Crippen LogP contribution is -2.37. The van der Waals surface area contributed by atoms with E-state index in [1.54, 1.807) is 11.8 Å². The molecule has 1 fully saturated rings. The molecule has 0 unspecified atom stereocenters. The van der Waals surface area contributed by atoms with Gasteiger partial charge in [0.1, 0.15) is 0 Å². The Bertz CT molecular complexity index is 402. The topological polar surface area (TPSA) is 50.4 Å². The maximum absolute atomic E-state index is 5.84. The maximum atomic E-state index is 5.84. The highest BCUT2D eigenvalue weighted by molar-refractivity contribution is 14.0. The Balaban J connectivity index is 0.00000180. The van der Waals surface area contributed by atoms with Gasteiger partial charge < -0.3 is 11.1 Å². The molecule has 0 saturated heterocycles. The molecule has 0 spiro atoms. The third-order valence-electron chi connectivity index (χ3n) is 3.39. The summed E-state index contributed by atoms with van der Waals surface area (Å²) in [5.41, 5.74) is 7.04. The molecule has 1 aromatic carbocycles. The van der Waals surface area contributed by atoms with Crippen molar-refractivity contribution < 1.29 is 0 Å². The van der Waals surface area contributed by atoms with Crippen LogP contribution in [0.3, 0.4) is 0 Å². The van der Waals surface area contributed by atoms with Crippen molar-refractivity contribution in [2.45, 2.75) is 30.7 Å². The monoisotopic (exact) mass is 391 g/mol. The van der Waals surface area contributed by atoms with Crippen molar-refractivity contribution in [3.05, 3.63) is 29.8 Å². The molecule has 2 rings (SSSR count). The predicted octanol–water partition coefficient (Wildman–Crippen LogP) is 3.23. The van der Waals surface area contributed by atoms with Crippen LogP contribution in [0.1, 0.15) is 24.8 Å². The Hall–Kier alpha value is -0.430. The van der Waals surface area contributed by atoms with Crippen LogP contribution in [0.5, 0.6) is 0 Å². The van der Waals surface area contributed by atoms with Crippen LogP contribution >= 0.6 is 35.7 Å². The molecule has 3 N–H and O–H groups in total. The molecule has 0 radical (unpaired) electrons. The van der Waals surface area contributed by atoms with Gasteiger partial charge in [-0.3, -0.25) is 0 Å². The Kier molecular flexibility index (Phi) is 7.60. The molecule has 0 bridgehead atoms. The van der Waals surface area contributed by atoms with Gasteiger partial charge in [-0.1, -0.05) is 18.6 Å². The van der Waals surface area contributed by atoms with Crippen molar-refractivity contribution in [1.29, 1.82) is 0 Å². The molecule has 3 nitrogen and oxygen atoms in total. The number of aliphatic imine (C=N–C) groups is 1. The zero-order valence-electron chi connectivity index (χ0n) is 11.3. The molecule has 1 aliphatic carbocycles. The van der Waals surface area contributed by atoms with E-state index in [0.717, 1.165) is 12.5 Å². The number of rotatable bonds is 5. The first-order valence-electron chi connectivity index (χ1n) is 6.44. The summed E-state index contributed by atoms with van der Waals surface area (Å²) in [4.78, 5) is 5.63. The standard InChI is InChI=1S/C14H21N3S.HI/c1-18-13-7-5-12(6-8-13)10-17-14(15)16-9-11-3-2-4-11;/h5-8,11H,2-4,9-10H2,1H3,(H3,15,16,17);1H. The summed E-state index contributed by atoms with van der Waals surface area (Å²) in [6.45, 7) is 1.62. The van der Waals surface area contributed by atoms with Gasteiger partial charge in [-0.2, -0.15) is 0 Å². The lowest BCUT2D eigenvalue weighted by atomic mass is 9.85. The van der Waals surface area contributed by atoms with Gasteiger partial charge in [0.05, 0.1) is 6.54 Å². The molecule has 0 atom stereocenters. The van der Waals surface area contributed by atoms with Gasteiger partial charge in [0.2, 0.25) is 0 Å². The lowest BCUT2D eigenvalue weighted by Gasteiger charge is -2.25. The quantitative estimate of drug-likeness (QED) is 0.351. The molecule has 0 amide bonds. The highest BCUT2D eigenvalue weighted by Crippen LogP contribution is 2.24. The van der Waals surface area contributed by atoms with Crippen molar-refractivity contribution in [2.75, 3.05) is 12.8 Å². The minimum Gasteiger partial charge on any atom is -0.370 e. The van der Waals surface area contributed by atoms with Gasteiger partial charge >= 0.3 is 0 Å². The fourth-order valence-electron chi connectivity index (χ4n) is 1.91. The second kappa shape index (κ2) is 8.68. The van der Waals surface area contributed by atoms with Gasteiger partial charge in [-0.15, -0.1) is 35.7 Å². The molecule has 5 heteroatoms. The first-order valence-corrected chi connectivity index (χ1v) is 7.67. The molecular weight excluding hydrogens is 369 g/mol. The first kappa shape index (κ1) is 16.6. The normalized spacial score (nSPS) is 15.5. The molecule has 1 aromatic rings. The van der Waals surface area contributed by atoms with E-state index in [1.165, 1.54) is 29.7 Å². The summed E-state index contributed by atoms with van der Waals surface area (Å²) in [6.07, 6.45) is 6.10. The third-order valence-corrected chi connectivity index (χ3v) is 4.13. The van der Waals surface area contributed by atoms with Gasteiger partial charge in [0, 0.05) is 11.4 Å². The largest absolute Gasteiger partial charge is 0.370 e. The highest BCUT2D eigenvalue weighted by Gasteiger charge is 2.16. The second-order valence-corrected chi connectivity index (χ2v) is 5.61.